The van der Waals surface area contributed by atoms with Crippen molar-refractivity contribution in [3.05, 3.63) is 65.9 Å². The van der Waals surface area contributed by atoms with E-state index in [0.717, 1.165) is 47.3 Å². The molecule has 0 bridgehead atoms. The van der Waals surface area contributed by atoms with Gasteiger partial charge >= 0.3 is 0 Å². The summed E-state index contributed by atoms with van der Waals surface area (Å²) in [6, 6.07) is 18.5. The highest BCUT2D eigenvalue weighted by molar-refractivity contribution is 7.95. The lowest BCUT2D eigenvalue weighted by Gasteiger charge is -2.24. The number of aromatic nitrogens is 1. The summed E-state index contributed by atoms with van der Waals surface area (Å²) in [5.41, 5.74) is 3.85. The largest absolute Gasteiger partial charge is 0.459 e. The van der Waals surface area contributed by atoms with Crippen LogP contribution in [0.4, 0.5) is 0 Å². The first-order chi connectivity index (χ1) is 14.8. The summed E-state index contributed by atoms with van der Waals surface area (Å²) in [6.07, 6.45) is 1.94. The lowest BCUT2D eigenvalue weighted by molar-refractivity contribution is -0.117. The number of benzene rings is 2. The van der Waals surface area contributed by atoms with Gasteiger partial charge in [-0.3, -0.25) is 9.52 Å². The molecule has 3 aromatic rings. The number of hydrogen-bond donors (Lipinski definition) is 3. The van der Waals surface area contributed by atoms with E-state index >= 15 is 0 Å². The Labute approximate surface area is 179 Å². The fourth-order valence-electron chi connectivity index (χ4n) is 3.99. The van der Waals surface area contributed by atoms with Crippen molar-refractivity contribution in [2.45, 2.75) is 19.4 Å². The second-order valence-electron chi connectivity index (χ2n) is 7.46. The number of hydrogen-bond acceptors (Lipinski definition) is 5. The highest BCUT2D eigenvalue weighted by Gasteiger charge is 2.25. The molecule has 0 radical (unpaired) electrons. The molecule has 0 fully saturated rings. The van der Waals surface area contributed by atoms with Gasteiger partial charge in [-0.05, 0) is 37.1 Å². The zero-order valence-electron chi connectivity index (χ0n) is 16.6. The molecule has 3 heterocycles. The Morgan fingerprint density at radius 2 is 1.80 bits per heavy atom. The van der Waals surface area contributed by atoms with Crippen LogP contribution < -0.4 is 19.5 Å². The van der Waals surface area contributed by atoms with Gasteiger partial charge in [-0.1, -0.05) is 30.3 Å². The molecule has 0 saturated carbocycles. The quantitative estimate of drug-likeness (QED) is 0.485. The molecule has 3 N–H and O–H groups in total. The Balaban J connectivity index is 1.67. The Morgan fingerprint density at radius 1 is 0.967 bits per heavy atom. The van der Waals surface area contributed by atoms with E-state index in [-0.39, 0.29) is 5.91 Å². The zero-order chi connectivity index (χ0) is 20.3. The van der Waals surface area contributed by atoms with Crippen LogP contribution in [0.5, 0.6) is 5.75 Å². The molecule has 2 aromatic carbocycles. The van der Waals surface area contributed by atoms with Crippen molar-refractivity contribution in [2.75, 3.05) is 19.6 Å². The fourth-order valence-corrected chi connectivity index (χ4v) is 4.54. The number of rotatable bonds is 0. The number of nitrogens with zero attached hydrogens (tertiary/aromatic N) is 1. The molecule has 7 heteroatoms. The molecule has 2 aliphatic heterocycles. The third kappa shape index (κ3) is 3.71. The third-order valence-electron chi connectivity index (χ3n) is 5.50. The molecule has 154 valence electrons. The Hall–Kier alpha value is -2.74. The molecule has 0 atom stereocenters. The van der Waals surface area contributed by atoms with Crippen LogP contribution in [-0.2, 0) is 11.3 Å². The topological polar surface area (TPSA) is 67.3 Å². The van der Waals surface area contributed by atoms with Crippen molar-refractivity contribution in [2.24, 2.45) is 0 Å². The van der Waals surface area contributed by atoms with E-state index < -0.39 is 0 Å². The second-order valence-corrected chi connectivity index (χ2v) is 8.24. The van der Waals surface area contributed by atoms with Crippen LogP contribution in [0.2, 0.25) is 0 Å². The van der Waals surface area contributed by atoms with Crippen LogP contribution in [0.1, 0.15) is 12.8 Å². The lowest BCUT2D eigenvalue weighted by Crippen LogP contribution is -2.33. The first-order valence-corrected chi connectivity index (χ1v) is 11.1. The van der Waals surface area contributed by atoms with Gasteiger partial charge in [-0.25, -0.2) is 4.72 Å². The van der Waals surface area contributed by atoms with Crippen LogP contribution >= 0.6 is 12.1 Å². The van der Waals surface area contributed by atoms with Gasteiger partial charge in [-0.2, -0.15) is 0 Å². The second kappa shape index (κ2) is 8.55. The number of amides is 1. The number of ether oxygens (including phenoxy) is 1. The zero-order valence-corrected chi connectivity index (χ0v) is 17.4. The maximum Gasteiger partial charge on any atom is 0.252 e. The van der Waals surface area contributed by atoms with Gasteiger partial charge in [0, 0.05) is 41.7 Å². The molecule has 0 unspecified atom stereocenters. The number of nitrogens with one attached hydrogen (secondary N) is 3. The van der Waals surface area contributed by atoms with Crippen molar-refractivity contribution >= 4 is 28.9 Å². The average Bonchev–Trinajstić information content (AvgIpc) is 3.11. The molecule has 0 aliphatic carbocycles. The van der Waals surface area contributed by atoms with Crippen LogP contribution in [0.3, 0.4) is 0 Å². The van der Waals surface area contributed by atoms with E-state index in [1.165, 1.54) is 12.1 Å². The summed E-state index contributed by atoms with van der Waals surface area (Å²) >= 11 is 1.46. The van der Waals surface area contributed by atoms with E-state index in [0.29, 0.717) is 31.0 Å². The van der Waals surface area contributed by atoms with Crippen molar-refractivity contribution in [3.63, 3.8) is 0 Å². The lowest BCUT2D eigenvalue weighted by atomic mass is 10.1. The minimum Gasteiger partial charge on any atom is -0.459 e. The molecule has 1 amide bonds. The van der Waals surface area contributed by atoms with Crippen LogP contribution in [0.15, 0.2) is 65.9 Å². The van der Waals surface area contributed by atoms with Crippen molar-refractivity contribution in [1.29, 1.82) is 0 Å². The normalized spacial score (nSPS) is 17.9. The molecule has 30 heavy (non-hydrogen) atoms. The molecule has 1 aromatic heterocycles. The standard InChI is InChI=1S/C23H24N4O2S/c28-23-18-15-27-19-9-3-1-7-16(19)13-20(27)17-8-2-4-10-21(17)29-22(18)14-26-30-25-12-6-5-11-24-23/h1-4,7-10,13,25-26H,5-6,11-12,14-15H2,(H,24,28). The minimum atomic E-state index is -0.0616. The van der Waals surface area contributed by atoms with E-state index in [1.807, 2.05) is 30.3 Å². The number of para-hydroxylation sites is 2. The van der Waals surface area contributed by atoms with Crippen molar-refractivity contribution in [3.8, 4) is 17.0 Å². The molecule has 6 nitrogen and oxygen atoms in total. The van der Waals surface area contributed by atoms with Gasteiger partial charge in [0.15, 0.2) is 0 Å². The predicted octanol–water partition coefficient (Wildman–Crippen LogP) is 3.61. The highest BCUT2D eigenvalue weighted by atomic mass is 32.2. The molecular formula is C23H24N4O2S. The molecule has 2 aliphatic rings. The van der Waals surface area contributed by atoms with Gasteiger partial charge in [0.05, 0.1) is 24.4 Å². The highest BCUT2D eigenvalue weighted by Crippen LogP contribution is 2.37. The summed E-state index contributed by atoms with van der Waals surface area (Å²) in [4.78, 5) is 13.2. The number of fused-ring (bicyclic) bond motifs is 5. The summed E-state index contributed by atoms with van der Waals surface area (Å²) in [5.74, 6) is 1.35. The molecule has 5 rings (SSSR count). The molecule has 0 spiro atoms. The summed E-state index contributed by atoms with van der Waals surface area (Å²) in [5, 5.41) is 4.24. The van der Waals surface area contributed by atoms with Gasteiger partial charge in [0.1, 0.15) is 11.5 Å². The Bertz CT molecular complexity index is 1120. The Kier molecular flexibility index (Phi) is 5.48. The molecular weight excluding hydrogens is 396 g/mol. The van der Waals surface area contributed by atoms with Gasteiger partial charge in [0.2, 0.25) is 0 Å². The number of carbonyl (C=O) groups is 1. The molecule has 0 saturated heterocycles. The summed E-state index contributed by atoms with van der Waals surface area (Å²) < 4.78 is 15.2. The van der Waals surface area contributed by atoms with Crippen LogP contribution in [0.25, 0.3) is 22.2 Å². The summed E-state index contributed by atoms with van der Waals surface area (Å²) in [6.45, 7) is 2.45. The SMILES string of the molecule is O=C1NCCCCNSNCC2=C1Cn1c(cc3ccccc31)-c1ccccc1O2. The monoisotopic (exact) mass is 420 g/mol. The summed E-state index contributed by atoms with van der Waals surface area (Å²) in [7, 11) is 0. The van der Waals surface area contributed by atoms with Gasteiger partial charge in [-0.15, -0.1) is 0 Å². The smallest absolute Gasteiger partial charge is 0.252 e. The predicted molar refractivity (Wildman–Crippen MR) is 121 cm³/mol. The maximum absolute atomic E-state index is 13.2. The van der Waals surface area contributed by atoms with E-state index in [4.69, 9.17) is 4.74 Å². The van der Waals surface area contributed by atoms with Gasteiger partial charge in [0.25, 0.3) is 5.91 Å². The van der Waals surface area contributed by atoms with Crippen molar-refractivity contribution < 1.29 is 9.53 Å². The first kappa shape index (κ1) is 19.2. The maximum atomic E-state index is 13.2. The minimum absolute atomic E-state index is 0.0616. The van der Waals surface area contributed by atoms with Gasteiger partial charge < -0.3 is 14.6 Å². The van der Waals surface area contributed by atoms with E-state index in [9.17, 15) is 4.79 Å². The number of carbonyl (C=O) groups excluding carboxylic acids is 1. The van der Waals surface area contributed by atoms with E-state index in [1.54, 1.807) is 0 Å². The fraction of sp³-hybridized carbons (Fsp3) is 0.261. The Morgan fingerprint density at radius 3 is 2.77 bits per heavy atom. The first-order valence-electron chi connectivity index (χ1n) is 10.3. The van der Waals surface area contributed by atoms with Crippen LogP contribution in [-0.4, -0.2) is 30.1 Å². The van der Waals surface area contributed by atoms with Crippen molar-refractivity contribution in [1.82, 2.24) is 19.3 Å². The average molecular weight is 421 g/mol. The van der Waals surface area contributed by atoms with Crippen LogP contribution in [0, 0.1) is 0 Å². The van der Waals surface area contributed by atoms with E-state index in [2.05, 4.69) is 43.6 Å². The third-order valence-corrected chi connectivity index (χ3v) is 6.14.